The van der Waals surface area contributed by atoms with Gasteiger partial charge in [-0.25, -0.2) is 0 Å². The number of carbonyl (C=O) groups is 1. The van der Waals surface area contributed by atoms with E-state index < -0.39 is 0 Å². The first kappa shape index (κ1) is 14.4. The van der Waals surface area contributed by atoms with Crippen LogP contribution in [-0.4, -0.2) is 10.9 Å². The van der Waals surface area contributed by atoms with Crippen molar-refractivity contribution in [3.05, 3.63) is 56.8 Å². The van der Waals surface area contributed by atoms with Crippen molar-refractivity contribution < 1.29 is 4.79 Å². The zero-order chi connectivity index (χ0) is 14.7. The third-order valence-electron chi connectivity index (χ3n) is 3.38. The Balaban J connectivity index is 1.54. The number of fused-ring (bicyclic) bond motifs is 1. The van der Waals surface area contributed by atoms with Crippen LogP contribution in [0.25, 0.3) is 10.9 Å². The zero-order valence-electron chi connectivity index (χ0n) is 11.4. The molecule has 3 aromatic rings. The van der Waals surface area contributed by atoms with Crippen molar-refractivity contribution in [2.45, 2.75) is 19.4 Å². The molecule has 108 valence electrons. The molecule has 0 spiro atoms. The third kappa shape index (κ3) is 3.54. The molecular formula is C16H15BrN2OS. The van der Waals surface area contributed by atoms with E-state index >= 15 is 0 Å². The normalized spacial score (nSPS) is 10.9. The number of carbonyl (C=O) groups excluding carboxylic acids is 1. The molecular weight excluding hydrogens is 348 g/mol. The first-order valence-corrected chi connectivity index (χ1v) is 8.39. The van der Waals surface area contributed by atoms with Gasteiger partial charge in [-0.3, -0.25) is 4.79 Å². The average Bonchev–Trinajstić information content (AvgIpc) is 3.09. The summed E-state index contributed by atoms with van der Waals surface area (Å²) >= 11 is 5.07. The summed E-state index contributed by atoms with van der Waals surface area (Å²) in [4.78, 5) is 16.3. The highest BCUT2D eigenvalue weighted by Crippen LogP contribution is 2.22. The minimum Gasteiger partial charge on any atom is -0.361 e. The Kier molecular flexibility index (Phi) is 4.41. The van der Waals surface area contributed by atoms with Gasteiger partial charge in [0.05, 0.1) is 10.3 Å². The van der Waals surface area contributed by atoms with Crippen LogP contribution in [0.15, 0.2) is 46.4 Å². The summed E-state index contributed by atoms with van der Waals surface area (Å²) in [5.41, 5.74) is 2.32. The lowest BCUT2D eigenvalue weighted by Crippen LogP contribution is -2.22. The van der Waals surface area contributed by atoms with Gasteiger partial charge in [0.1, 0.15) is 0 Å². The molecule has 2 aromatic heterocycles. The van der Waals surface area contributed by atoms with Gasteiger partial charge in [0.2, 0.25) is 5.91 Å². The molecule has 0 aliphatic carbocycles. The number of benzene rings is 1. The average molecular weight is 363 g/mol. The van der Waals surface area contributed by atoms with E-state index in [1.165, 1.54) is 10.9 Å². The van der Waals surface area contributed by atoms with E-state index in [4.69, 9.17) is 0 Å². The highest BCUT2D eigenvalue weighted by molar-refractivity contribution is 9.11. The van der Waals surface area contributed by atoms with E-state index in [9.17, 15) is 4.79 Å². The number of para-hydroxylation sites is 1. The van der Waals surface area contributed by atoms with Gasteiger partial charge in [-0.15, -0.1) is 11.3 Å². The monoisotopic (exact) mass is 362 g/mol. The van der Waals surface area contributed by atoms with Gasteiger partial charge in [0.25, 0.3) is 0 Å². The van der Waals surface area contributed by atoms with Crippen LogP contribution < -0.4 is 5.32 Å². The summed E-state index contributed by atoms with van der Waals surface area (Å²) in [6, 6.07) is 12.2. The number of rotatable bonds is 5. The van der Waals surface area contributed by atoms with E-state index in [-0.39, 0.29) is 5.91 Å². The number of hydrogen-bond acceptors (Lipinski definition) is 2. The Labute approximate surface area is 135 Å². The lowest BCUT2D eigenvalue weighted by molar-refractivity contribution is -0.121. The van der Waals surface area contributed by atoms with Crippen LogP contribution in [-0.2, 0) is 17.8 Å². The second-order valence-corrected chi connectivity index (χ2v) is 7.39. The van der Waals surface area contributed by atoms with Crippen molar-refractivity contribution in [3.8, 4) is 0 Å². The van der Waals surface area contributed by atoms with Crippen molar-refractivity contribution >= 4 is 44.1 Å². The van der Waals surface area contributed by atoms with Crippen molar-refractivity contribution in [1.82, 2.24) is 10.3 Å². The lowest BCUT2D eigenvalue weighted by atomic mass is 10.1. The standard InChI is InChI=1S/C16H15BrN2OS/c17-15-7-6-12(21-15)10-19-16(20)8-5-11-9-18-14-4-2-1-3-13(11)14/h1-4,6-7,9,18H,5,8,10H2,(H,19,20). The van der Waals surface area contributed by atoms with Crippen LogP contribution in [0.5, 0.6) is 0 Å². The molecule has 0 aliphatic rings. The van der Waals surface area contributed by atoms with Crippen molar-refractivity contribution in [2.75, 3.05) is 0 Å². The van der Waals surface area contributed by atoms with Crippen LogP contribution >= 0.6 is 27.3 Å². The van der Waals surface area contributed by atoms with E-state index in [0.717, 1.165) is 20.6 Å². The van der Waals surface area contributed by atoms with Crippen LogP contribution in [0.3, 0.4) is 0 Å². The number of hydrogen-bond donors (Lipinski definition) is 2. The van der Waals surface area contributed by atoms with Crippen molar-refractivity contribution in [2.24, 2.45) is 0 Å². The van der Waals surface area contributed by atoms with Crippen LogP contribution in [0.4, 0.5) is 0 Å². The molecule has 0 saturated heterocycles. The number of nitrogens with one attached hydrogen (secondary N) is 2. The first-order chi connectivity index (χ1) is 10.2. The maximum Gasteiger partial charge on any atom is 0.220 e. The number of thiophene rings is 1. The largest absolute Gasteiger partial charge is 0.361 e. The molecule has 1 aromatic carbocycles. The molecule has 0 fully saturated rings. The van der Waals surface area contributed by atoms with Gasteiger partial charge in [0, 0.05) is 28.4 Å². The molecule has 5 heteroatoms. The number of halogens is 1. The number of H-pyrrole nitrogens is 1. The molecule has 0 atom stereocenters. The van der Waals surface area contributed by atoms with E-state index in [1.54, 1.807) is 11.3 Å². The molecule has 0 bridgehead atoms. The quantitative estimate of drug-likeness (QED) is 0.700. The molecule has 3 rings (SSSR count). The molecule has 2 N–H and O–H groups in total. The van der Waals surface area contributed by atoms with Gasteiger partial charge in [0.15, 0.2) is 0 Å². The van der Waals surface area contributed by atoms with Crippen molar-refractivity contribution in [1.29, 1.82) is 0 Å². The second-order valence-electron chi connectivity index (χ2n) is 4.84. The summed E-state index contributed by atoms with van der Waals surface area (Å²) in [7, 11) is 0. The predicted molar refractivity (Wildman–Crippen MR) is 90.5 cm³/mol. The smallest absolute Gasteiger partial charge is 0.220 e. The Morgan fingerprint density at radius 1 is 1.24 bits per heavy atom. The second kappa shape index (κ2) is 6.45. The molecule has 2 heterocycles. The highest BCUT2D eigenvalue weighted by Gasteiger charge is 2.07. The Hall–Kier alpha value is -1.59. The van der Waals surface area contributed by atoms with E-state index in [1.807, 2.05) is 36.5 Å². The van der Waals surface area contributed by atoms with Crippen LogP contribution in [0.1, 0.15) is 16.9 Å². The molecule has 0 radical (unpaired) electrons. The fourth-order valence-electron chi connectivity index (χ4n) is 2.31. The summed E-state index contributed by atoms with van der Waals surface area (Å²) in [6.45, 7) is 0.600. The molecule has 1 amide bonds. The minimum atomic E-state index is 0.0878. The van der Waals surface area contributed by atoms with Gasteiger partial charge in [-0.1, -0.05) is 18.2 Å². The fraction of sp³-hybridized carbons (Fsp3) is 0.188. The molecule has 21 heavy (non-hydrogen) atoms. The molecule has 3 nitrogen and oxygen atoms in total. The SMILES string of the molecule is O=C(CCc1c[nH]c2ccccc12)NCc1ccc(Br)s1. The van der Waals surface area contributed by atoms with Crippen LogP contribution in [0, 0.1) is 0 Å². The highest BCUT2D eigenvalue weighted by atomic mass is 79.9. The van der Waals surface area contributed by atoms with Crippen molar-refractivity contribution in [3.63, 3.8) is 0 Å². The Bertz CT molecular complexity index is 762. The summed E-state index contributed by atoms with van der Waals surface area (Å²) in [5, 5.41) is 4.16. The summed E-state index contributed by atoms with van der Waals surface area (Å²) < 4.78 is 1.09. The number of aromatic nitrogens is 1. The van der Waals surface area contributed by atoms with E-state index in [0.29, 0.717) is 13.0 Å². The third-order valence-corrected chi connectivity index (χ3v) is 5.01. The summed E-state index contributed by atoms with van der Waals surface area (Å²) in [6.07, 6.45) is 3.26. The number of aromatic amines is 1. The molecule has 0 saturated carbocycles. The predicted octanol–water partition coefficient (Wildman–Crippen LogP) is 4.24. The van der Waals surface area contributed by atoms with Gasteiger partial charge in [-0.05, 0) is 46.1 Å². The molecule has 0 aliphatic heterocycles. The fourth-order valence-corrected chi connectivity index (χ4v) is 3.73. The van der Waals surface area contributed by atoms with Gasteiger partial charge >= 0.3 is 0 Å². The minimum absolute atomic E-state index is 0.0878. The number of amides is 1. The first-order valence-electron chi connectivity index (χ1n) is 6.78. The number of aryl methyl sites for hydroxylation is 1. The van der Waals surface area contributed by atoms with E-state index in [2.05, 4.69) is 32.3 Å². The maximum absolute atomic E-state index is 11.9. The van der Waals surface area contributed by atoms with Gasteiger partial charge in [-0.2, -0.15) is 0 Å². The Morgan fingerprint density at radius 2 is 2.10 bits per heavy atom. The Morgan fingerprint density at radius 3 is 2.90 bits per heavy atom. The lowest BCUT2D eigenvalue weighted by Gasteiger charge is -2.03. The van der Waals surface area contributed by atoms with Crippen LogP contribution in [0.2, 0.25) is 0 Å². The topological polar surface area (TPSA) is 44.9 Å². The maximum atomic E-state index is 11.9. The summed E-state index contributed by atoms with van der Waals surface area (Å²) in [5.74, 6) is 0.0878. The molecule has 0 unspecified atom stereocenters. The zero-order valence-corrected chi connectivity index (χ0v) is 13.8. The van der Waals surface area contributed by atoms with Gasteiger partial charge < -0.3 is 10.3 Å².